The van der Waals surface area contributed by atoms with Gasteiger partial charge in [0.1, 0.15) is 18.2 Å². The van der Waals surface area contributed by atoms with E-state index in [1.165, 1.54) is 6.07 Å². The van der Waals surface area contributed by atoms with Crippen molar-refractivity contribution in [1.29, 1.82) is 0 Å². The first-order chi connectivity index (χ1) is 14.0. The van der Waals surface area contributed by atoms with Gasteiger partial charge in [-0.1, -0.05) is 18.2 Å². The molecule has 0 saturated carbocycles. The van der Waals surface area contributed by atoms with Gasteiger partial charge in [0, 0.05) is 28.9 Å². The lowest BCUT2D eigenvalue weighted by atomic mass is 10.0. The summed E-state index contributed by atoms with van der Waals surface area (Å²) in [7, 11) is 0. The second-order valence-electron chi connectivity index (χ2n) is 7.35. The molecule has 4 aromatic rings. The third-order valence-electron chi connectivity index (χ3n) is 4.99. The molecule has 3 N–H and O–H groups in total. The summed E-state index contributed by atoms with van der Waals surface area (Å²) < 4.78 is 19.6. The van der Waals surface area contributed by atoms with Crippen LogP contribution in [0.1, 0.15) is 16.8 Å². The molecule has 5 nitrogen and oxygen atoms in total. The number of halogens is 1. The van der Waals surface area contributed by atoms with E-state index < -0.39 is 0 Å². The highest BCUT2D eigenvalue weighted by Crippen LogP contribution is 2.27. The van der Waals surface area contributed by atoms with Gasteiger partial charge in [0.2, 0.25) is 0 Å². The lowest BCUT2D eigenvalue weighted by Crippen LogP contribution is -2.30. The molecule has 0 aliphatic rings. The summed E-state index contributed by atoms with van der Waals surface area (Å²) in [6.07, 6.45) is 4.02. The molecular formula is C23H23FN4O. The molecule has 2 aromatic carbocycles. The Balaban J connectivity index is 1.44. The minimum atomic E-state index is -0.245. The molecule has 0 spiro atoms. The molecule has 0 unspecified atom stereocenters. The quantitative estimate of drug-likeness (QED) is 0.514. The number of pyridine rings is 1. The van der Waals surface area contributed by atoms with E-state index >= 15 is 0 Å². The maximum atomic E-state index is 13.7. The van der Waals surface area contributed by atoms with Gasteiger partial charge >= 0.3 is 0 Å². The van der Waals surface area contributed by atoms with Crippen molar-refractivity contribution < 1.29 is 9.13 Å². The zero-order chi connectivity index (χ0) is 20.4. The predicted molar refractivity (Wildman–Crippen MR) is 112 cm³/mol. The molecule has 6 heteroatoms. The molecular weight excluding hydrogens is 367 g/mol. The normalized spacial score (nSPS) is 12.3. The average molecular weight is 390 g/mol. The summed E-state index contributed by atoms with van der Waals surface area (Å²) in [5.74, 6) is 0.439. The van der Waals surface area contributed by atoms with E-state index in [0.717, 1.165) is 33.3 Å². The fourth-order valence-electron chi connectivity index (χ4n) is 3.30. The molecule has 0 amide bonds. The molecule has 0 aliphatic heterocycles. The van der Waals surface area contributed by atoms with Crippen LogP contribution < -0.4 is 10.5 Å². The van der Waals surface area contributed by atoms with Crippen LogP contribution in [0.25, 0.3) is 22.0 Å². The monoisotopic (exact) mass is 390 g/mol. The number of hydrogen-bond acceptors (Lipinski definition) is 4. The number of H-pyrrole nitrogens is 1. The number of aryl methyl sites for hydroxylation is 2. The van der Waals surface area contributed by atoms with Crippen LogP contribution >= 0.6 is 0 Å². The second-order valence-corrected chi connectivity index (χ2v) is 7.35. The first-order valence-corrected chi connectivity index (χ1v) is 9.53. The Labute approximate surface area is 168 Å². The van der Waals surface area contributed by atoms with Crippen LogP contribution in [0.3, 0.4) is 0 Å². The Hall–Kier alpha value is -3.25. The molecule has 4 rings (SSSR count). The zero-order valence-electron chi connectivity index (χ0n) is 16.4. The zero-order valence-corrected chi connectivity index (χ0v) is 16.4. The van der Waals surface area contributed by atoms with Crippen LogP contribution in [0.4, 0.5) is 4.39 Å². The molecule has 0 bridgehead atoms. The Bertz CT molecular complexity index is 1150. The second kappa shape index (κ2) is 8.01. The van der Waals surface area contributed by atoms with Gasteiger partial charge in [0.25, 0.3) is 0 Å². The lowest BCUT2D eigenvalue weighted by Gasteiger charge is -2.14. The lowest BCUT2D eigenvalue weighted by molar-refractivity contribution is 0.286. The Morgan fingerprint density at radius 3 is 2.76 bits per heavy atom. The van der Waals surface area contributed by atoms with Gasteiger partial charge in [-0.3, -0.25) is 10.1 Å². The predicted octanol–water partition coefficient (Wildman–Crippen LogP) is 4.33. The van der Waals surface area contributed by atoms with Gasteiger partial charge in [0.05, 0.1) is 11.7 Å². The number of nitrogens with one attached hydrogen (secondary N) is 1. The number of benzene rings is 2. The molecule has 148 valence electrons. The van der Waals surface area contributed by atoms with Crippen LogP contribution in [0, 0.1) is 19.7 Å². The Kier molecular flexibility index (Phi) is 5.27. The van der Waals surface area contributed by atoms with Crippen molar-refractivity contribution in [2.45, 2.75) is 26.3 Å². The number of fused-ring (bicyclic) bond motifs is 1. The average Bonchev–Trinajstić information content (AvgIpc) is 3.10. The first kappa shape index (κ1) is 19.1. The molecule has 29 heavy (non-hydrogen) atoms. The first-order valence-electron chi connectivity index (χ1n) is 9.53. The SMILES string of the molecule is Cc1ccc(C[C@H](N)COc2cncc(-c3ccc4n[nH]c(C)c4c3)c2)cc1F. The van der Waals surface area contributed by atoms with Gasteiger partial charge in [-0.25, -0.2) is 4.39 Å². The largest absolute Gasteiger partial charge is 0.490 e. The summed E-state index contributed by atoms with van der Waals surface area (Å²) in [5, 5.41) is 8.34. The van der Waals surface area contributed by atoms with Gasteiger partial charge < -0.3 is 10.5 Å². The van der Waals surface area contributed by atoms with Crippen LogP contribution in [-0.4, -0.2) is 27.8 Å². The van der Waals surface area contributed by atoms with Gasteiger partial charge in [-0.15, -0.1) is 0 Å². The van der Waals surface area contributed by atoms with Crippen molar-refractivity contribution in [3.05, 3.63) is 77.5 Å². The molecule has 0 radical (unpaired) electrons. The minimum absolute atomic E-state index is 0.211. The highest BCUT2D eigenvalue weighted by molar-refractivity contribution is 5.86. The van der Waals surface area contributed by atoms with E-state index in [-0.39, 0.29) is 11.9 Å². The summed E-state index contributed by atoms with van der Waals surface area (Å²) in [5.41, 5.74) is 11.6. The summed E-state index contributed by atoms with van der Waals surface area (Å²) in [6, 6.07) is 13.0. The Morgan fingerprint density at radius 2 is 1.93 bits per heavy atom. The molecule has 0 fully saturated rings. The number of rotatable bonds is 6. The van der Waals surface area contributed by atoms with E-state index in [4.69, 9.17) is 10.5 Å². The van der Waals surface area contributed by atoms with Crippen molar-refractivity contribution in [1.82, 2.24) is 15.2 Å². The van der Waals surface area contributed by atoms with Gasteiger partial charge in [-0.2, -0.15) is 5.10 Å². The molecule has 0 saturated heterocycles. The standard InChI is InChI=1S/C23H23FN4O/c1-14-3-4-16(8-22(14)24)7-19(25)13-29-20-9-18(11-26-12-20)17-5-6-23-21(10-17)15(2)27-28-23/h3-6,8-12,19H,7,13,25H2,1-2H3,(H,27,28)/t19-/m0/s1. The van der Waals surface area contributed by atoms with Crippen molar-refractivity contribution in [3.8, 4) is 16.9 Å². The van der Waals surface area contributed by atoms with Gasteiger partial charge in [-0.05, 0) is 61.2 Å². The maximum absolute atomic E-state index is 13.7. The number of aromatic nitrogens is 3. The highest BCUT2D eigenvalue weighted by Gasteiger charge is 2.09. The fourth-order valence-corrected chi connectivity index (χ4v) is 3.30. The van der Waals surface area contributed by atoms with E-state index in [9.17, 15) is 4.39 Å². The topological polar surface area (TPSA) is 76.8 Å². The third-order valence-corrected chi connectivity index (χ3v) is 4.99. The van der Waals surface area contributed by atoms with Crippen molar-refractivity contribution in [2.75, 3.05) is 6.61 Å². The van der Waals surface area contributed by atoms with E-state index in [1.54, 1.807) is 25.4 Å². The number of nitrogens with two attached hydrogens (primary N) is 1. The molecule has 2 heterocycles. The third kappa shape index (κ3) is 4.27. The van der Waals surface area contributed by atoms with Gasteiger partial charge in [0.15, 0.2) is 0 Å². The maximum Gasteiger partial charge on any atom is 0.138 e. The van der Waals surface area contributed by atoms with E-state index in [1.807, 2.05) is 31.2 Å². The summed E-state index contributed by atoms with van der Waals surface area (Å²) in [4.78, 5) is 4.30. The van der Waals surface area contributed by atoms with Crippen molar-refractivity contribution in [2.24, 2.45) is 5.73 Å². The van der Waals surface area contributed by atoms with E-state index in [0.29, 0.717) is 24.3 Å². The van der Waals surface area contributed by atoms with Crippen LogP contribution in [0.15, 0.2) is 54.9 Å². The number of hydrogen-bond donors (Lipinski definition) is 2. The number of aromatic amines is 1. The number of nitrogens with zero attached hydrogens (tertiary/aromatic N) is 2. The minimum Gasteiger partial charge on any atom is -0.490 e. The highest BCUT2D eigenvalue weighted by atomic mass is 19.1. The number of ether oxygens (including phenoxy) is 1. The molecule has 0 aliphatic carbocycles. The summed E-state index contributed by atoms with van der Waals surface area (Å²) in [6.45, 7) is 4.06. The molecule has 2 aromatic heterocycles. The van der Waals surface area contributed by atoms with Crippen LogP contribution in [0.2, 0.25) is 0 Å². The van der Waals surface area contributed by atoms with Crippen LogP contribution in [0.5, 0.6) is 5.75 Å². The Morgan fingerprint density at radius 1 is 1.07 bits per heavy atom. The van der Waals surface area contributed by atoms with Crippen LogP contribution in [-0.2, 0) is 6.42 Å². The smallest absolute Gasteiger partial charge is 0.138 e. The summed E-state index contributed by atoms with van der Waals surface area (Å²) >= 11 is 0. The van der Waals surface area contributed by atoms with Crippen molar-refractivity contribution >= 4 is 10.9 Å². The van der Waals surface area contributed by atoms with Crippen molar-refractivity contribution in [3.63, 3.8) is 0 Å². The molecule has 1 atom stereocenters. The fraction of sp³-hybridized carbons (Fsp3) is 0.217. The van der Waals surface area contributed by atoms with E-state index in [2.05, 4.69) is 21.2 Å².